The third-order valence-corrected chi connectivity index (χ3v) is 7.50. The first-order valence-electron chi connectivity index (χ1n) is 11.8. The van der Waals surface area contributed by atoms with Crippen molar-refractivity contribution in [2.24, 2.45) is 10.7 Å². The predicted molar refractivity (Wildman–Crippen MR) is 135 cm³/mol. The van der Waals surface area contributed by atoms with E-state index >= 15 is 0 Å². The number of rotatable bonds is 1. The van der Waals surface area contributed by atoms with E-state index in [1.54, 1.807) is 5.06 Å². The van der Waals surface area contributed by atoms with Crippen LogP contribution in [0.5, 0.6) is 5.75 Å². The van der Waals surface area contributed by atoms with Crippen molar-refractivity contribution in [2.45, 2.75) is 50.4 Å². The second-order valence-electron chi connectivity index (χ2n) is 9.83. The van der Waals surface area contributed by atoms with Gasteiger partial charge in [0.15, 0.2) is 0 Å². The van der Waals surface area contributed by atoms with Crippen molar-refractivity contribution < 1.29 is 9.57 Å². The van der Waals surface area contributed by atoms with Gasteiger partial charge in [0, 0.05) is 24.9 Å². The zero-order valence-corrected chi connectivity index (χ0v) is 20.2. The fraction of sp³-hybridized carbons (Fsp3) is 0.321. The number of hydroxylamine groups is 2. The van der Waals surface area contributed by atoms with E-state index in [4.69, 9.17) is 31.9 Å². The summed E-state index contributed by atoms with van der Waals surface area (Å²) < 4.78 is 6.86. The normalized spacial score (nSPS) is 25.5. The van der Waals surface area contributed by atoms with Gasteiger partial charge >= 0.3 is 0 Å². The highest BCUT2D eigenvalue weighted by Gasteiger charge is 2.54. The van der Waals surface area contributed by atoms with E-state index in [-0.39, 0.29) is 0 Å². The van der Waals surface area contributed by atoms with Crippen molar-refractivity contribution >= 4 is 17.6 Å². The van der Waals surface area contributed by atoms with Gasteiger partial charge in [0.25, 0.3) is 0 Å². The van der Waals surface area contributed by atoms with E-state index in [2.05, 4.69) is 42.5 Å². The number of ether oxygens (including phenoxy) is 1. The molecule has 6 rings (SSSR count). The molecule has 0 radical (unpaired) electrons. The molecule has 3 aromatic rings. The molecule has 2 spiro atoms. The number of guanidine groups is 1. The predicted octanol–water partition coefficient (Wildman–Crippen LogP) is 5.76. The molecule has 0 saturated carbocycles. The maximum Gasteiger partial charge on any atom is 0.222 e. The van der Waals surface area contributed by atoms with Crippen LogP contribution < -0.4 is 10.5 Å². The first-order valence-corrected chi connectivity index (χ1v) is 12.2. The lowest BCUT2D eigenvalue weighted by atomic mass is 9.78. The van der Waals surface area contributed by atoms with E-state index in [0.717, 1.165) is 53.7 Å². The lowest BCUT2D eigenvalue weighted by Gasteiger charge is -2.45. The summed E-state index contributed by atoms with van der Waals surface area (Å²) in [6.45, 7) is 2.05. The Hall–Kier alpha value is -3.02. The number of nitrogens with two attached hydrogens (primary N) is 1. The summed E-state index contributed by atoms with van der Waals surface area (Å²) in [5.41, 5.74) is 11.8. The monoisotopic (exact) mass is 473 g/mol. The lowest BCUT2D eigenvalue weighted by molar-refractivity contribution is -0.204. The van der Waals surface area contributed by atoms with Crippen LogP contribution >= 0.6 is 11.6 Å². The van der Waals surface area contributed by atoms with E-state index in [0.29, 0.717) is 17.4 Å². The third-order valence-electron chi connectivity index (χ3n) is 7.28. The molecular weight excluding hydrogens is 446 g/mol. The number of benzene rings is 3. The van der Waals surface area contributed by atoms with Gasteiger partial charge in [-0.15, -0.1) is 0 Å². The molecule has 6 heteroatoms. The van der Waals surface area contributed by atoms with Crippen LogP contribution in [-0.4, -0.2) is 23.7 Å². The van der Waals surface area contributed by atoms with Crippen LogP contribution in [-0.2, 0) is 23.4 Å². The zero-order chi connectivity index (χ0) is 23.5. The van der Waals surface area contributed by atoms with Gasteiger partial charge < -0.3 is 10.5 Å². The molecule has 3 aromatic carbocycles. The van der Waals surface area contributed by atoms with Crippen LogP contribution in [0.3, 0.4) is 0 Å². The Morgan fingerprint density at radius 2 is 1.85 bits per heavy atom. The van der Waals surface area contributed by atoms with Gasteiger partial charge in [-0.1, -0.05) is 48.0 Å². The van der Waals surface area contributed by atoms with Crippen molar-refractivity contribution in [1.82, 2.24) is 5.06 Å². The van der Waals surface area contributed by atoms with Gasteiger partial charge in [0.05, 0.1) is 5.56 Å². The molecule has 0 fully saturated rings. The van der Waals surface area contributed by atoms with E-state index in [9.17, 15) is 0 Å². The first-order chi connectivity index (χ1) is 16.3. The SMILES string of the molecule is Cc1cc(Cl)cc(-c2ccc3c(c2)C2(CC4(CCCc5ccccc5C4)O3)N=C(N)N(C)O2)c1. The maximum absolute atomic E-state index is 6.86. The van der Waals surface area contributed by atoms with Crippen LogP contribution in [0.1, 0.15) is 41.5 Å². The number of nitrogens with zero attached hydrogens (tertiary/aromatic N) is 2. The van der Waals surface area contributed by atoms with Gasteiger partial charge in [-0.25, -0.2) is 14.9 Å². The van der Waals surface area contributed by atoms with Gasteiger partial charge in [-0.05, 0) is 78.3 Å². The minimum absolute atomic E-state index is 0.376. The number of halogens is 1. The average Bonchev–Trinajstić information content (AvgIpc) is 2.96. The third kappa shape index (κ3) is 3.55. The van der Waals surface area contributed by atoms with Crippen LogP contribution in [0.2, 0.25) is 5.02 Å². The number of fused-ring (bicyclic) bond motifs is 3. The van der Waals surface area contributed by atoms with Crippen molar-refractivity contribution in [2.75, 3.05) is 7.05 Å². The van der Waals surface area contributed by atoms with Crippen LogP contribution in [0, 0.1) is 6.92 Å². The zero-order valence-electron chi connectivity index (χ0n) is 19.5. The first kappa shape index (κ1) is 21.5. The molecular formula is C28H28ClN3O2. The van der Waals surface area contributed by atoms with Crippen molar-refractivity contribution in [1.29, 1.82) is 0 Å². The van der Waals surface area contributed by atoms with Crippen molar-refractivity contribution in [3.63, 3.8) is 0 Å². The van der Waals surface area contributed by atoms with Crippen LogP contribution in [0.25, 0.3) is 11.1 Å². The maximum atomic E-state index is 6.86. The molecule has 174 valence electrons. The molecule has 34 heavy (non-hydrogen) atoms. The summed E-state index contributed by atoms with van der Waals surface area (Å²) >= 11 is 6.36. The highest BCUT2D eigenvalue weighted by Crippen LogP contribution is 2.53. The Bertz CT molecular complexity index is 1300. The van der Waals surface area contributed by atoms with Gasteiger partial charge in [0.1, 0.15) is 11.4 Å². The van der Waals surface area contributed by atoms with Gasteiger partial charge in [-0.3, -0.25) is 0 Å². The molecule has 5 nitrogen and oxygen atoms in total. The summed E-state index contributed by atoms with van der Waals surface area (Å²) in [6.07, 6.45) is 4.46. The fourth-order valence-electron chi connectivity index (χ4n) is 5.79. The highest BCUT2D eigenvalue weighted by molar-refractivity contribution is 6.31. The molecule has 2 heterocycles. The highest BCUT2D eigenvalue weighted by atomic mass is 35.5. The summed E-state index contributed by atoms with van der Waals surface area (Å²) in [4.78, 5) is 11.3. The largest absolute Gasteiger partial charge is 0.486 e. The minimum Gasteiger partial charge on any atom is -0.486 e. The molecule has 0 aromatic heterocycles. The molecule has 2 atom stereocenters. The molecule has 2 N–H and O–H groups in total. The average molecular weight is 474 g/mol. The summed E-state index contributed by atoms with van der Waals surface area (Å²) in [6, 6.07) is 21.0. The van der Waals surface area contributed by atoms with E-state index < -0.39 is 11.3 Å². The van der Waals surface area contributed by atoms with Crippen molar-refractivity contribution in [3.8, 4) is 16.9 Å². The van der Waals surface area contributed by atoms with Crippen LogP contribution in [0.4, 0.5) is 0 Å². The standard InChI is InChI=1S/C28H28ClN3O2/c1-18-12-22(14-23(29)13-18)20-9-10-25-24(15-20)28(31-26(30)32(2)34-28)17-27(33-25)11-5-8-19-6-3-4-7-21(19)16-27/h3-4,6-7,9-10,12-15H,5,8,11,16-17H2,1-2H3,(H2,30,31). The van der Waals surface area contributed by atoms with Gasteiger partial charge in [-0.2, -0.15) is 0 Å². The number of hydrogen-bond donors (Lipinski definition) is 1. The fourth-order valence-corrected chi connectivity index (χ4v) is 6.08. The molecule has 3 aliphatic rings. The Kier molecular flexibility index (Phi) is 4.91. The summed E-state index contributed by atoms with van der Waals surface area (Å²) in [5, 5.41) is 2.29. The Morgan fingerprint density at radius 1 is 1.03 bits per heavy atom. The summed E-state index contributed by atoms with van der Waals surface area (Å²) in [7, 11) is 1.81. The van der Waals surface area contributed by atoms with Crippen LogP contribution in [0.15, 0.2) is 65.7 Å². The smallest absolute Gasteiger partial charge is 0.222 e. The molecule has 2 unspecified atom stereocenters. The number of aliphatic imine (C=N–C) groups is 1. The Labute approximate surface area is 205 Å². The molecule has 0 amide bonds. The summed E-state index contributed by atoms with van der Waals surface area (Å²) in [5.74, 6) is 1.18. The Morgan fingerprint density at radius 3 is 2.62 bits per heavy atom. The molecule has 0 saturated heterocycles. The second-order valence-corrected chi connectivity index (χ2v) is 10.3. The Balaban J connectivity index is 1.48. The van der Waals surface area contributed by atoms with Gasteiger partial charge in [0.2, 0.25) is 11.7 Å². The number of aryl methyl sites for hydroxylation is 2. The molecule has 0 bridgehead atoms. The molecule has 2 aliphatic heterocycles. The quantitative estimate of drug-likeness (QED) is 0.488. The number of hydrogen-bond acceptors (Lipinski definition) is 5. The topological polar surface area (TPSA) is 60.1 Å². The van der Waals surface area contributed by atoms with E-state index in [1.165, 1.54) is 11.1 Å². The lowest BCUT2D eigenvalue weighted by Crippen LogP contribution is -2.49. The van der Waals surface area contributed by atoms with E-state index in [1.807, 2.05) is 32.2 Å². The minimum atomic E-state index is -0.921. The molecule has 1 aliphatic carbocycles. The van der Waals surface area contributed by atoms with Crippen molar-refractivity contribution in [3.05, 3.63) is 87.9 Å². The second kappa shape index (κ2) is 7.76.